The summed E-state index contributed by atoms with van der Waals surface area (Å²) in [5.41, 5.74) is 8.75. The van der Waals surface area contributed by atoms with Gasteiger partial charge in [-0.1, -0.05) is 29.8 Å². The fraction of sp³-hybridized carbons (Fsp3) is 0.160. The van der Waals surface area contributed by atoms with E-state index < -0.39 is 5.92 Å². The molecule has 0 bridgehead atoms. The van der Waals surface area contributed by atoms with Crippen molar-refractivity contribution in [3.8, 4) is 29.1 Å². The van der Waals surface area contributed by atoms with Gasteiger partial charge in [-0.05, 0) is 64.3 Å². The first-order chi connectivity index (χ1) is 15.9. The molecule has 1 aliphatic heterocycles. The maximum atomic E-state index is 9.86. The molecule has 1 heterocycles. The molecule has 0 saturated heterocycles. The standard InChI is InChI=1S/C25H20BrClN2O4/c1-2-31-22-10-15(9-20(26)24(22)32-13-14-3-5-16(27)6-4-14)23-18-8-7-17(30)11-21(18)33-25(29)19(23)12-28/h3-11,23,30H,2,13,29H2,1H3/t23-/m1/s1. The molecule has 4 rings (SSSR count). The van der Waals surface area contributed by atoms with Crippen LogP contribution in [0.5, 0.6) is 23.0 Å². The summed E-state index contributed by atoms with van der Waals surface area (Å²) in [6.45, 7) is 2.63. The summed E-state index contributed by atoms with van der Waals surface area (Å²) in [6, 6.07) is 18.0. The van der Waals surface area contributed by atoms with Crippen molar-refractivity contribution in [3.05, 3.63) is 92.2 Å². The second kappa shape index (κ2) is 9.65. The van der Waals surface area contributed by atoms with Gasteiger partial charge in [-0.3, -0.25) is 0 Å². The Morgan fingerprint density at radius 1 is 1.15 bits per heavy atom. The lowest BCUT2D eigenvalue weighted by Crippen LogP contribution is -2.21. The molecule has 3 aromatic rings. The van der Waals surface area contributed by atoms with Gasteiger partial charge in [0.05, 0.1) is 17.0 Å². The Morgan fingerprint density at radius 2 is 1.91 bits per heavy atom. The van der Waals surface area contributed by atoms with Crippen molar-refractivity contribution in [2.24, 2.45) is 5.73 Å². The van der Waals surface area contributed by atoms with Gasteiger partial charge in [0.1, 0.15) is 29.7 Å². The van der Waals surface area contributed by atoms with Gasteiger partial charge < -0.3 is 25.1 Å². The zero-order valence-corrected chi connectivity index (χ0v) is 20.0. The molecular weight excluding hydrogens is 508 g/mol. The van der Waals surface area contributed by atoms with Gasteiger partial charge in [-0.25, -0.2) is 0 Å². The minimum Gasteiger partial charge on any atom is -0.508 e. The molecule has 8 heteroatoms. The van der Waals surface area contributed by atoms with Crippen LogP contribution >= 0.6 is 27.5 Å². The lowest BCUT2D eigenvalue weighted by molar-refractivity contribution is 0.267. The quantitative estimate of drug-likeness (QED) is 0.408. The molecule has 3 aromatic carbocycles. The van der Waals surface area contributed by atoms with E-state index in [0.29, 0.717) is 45.5 Å². The van der Waals surface area contributed by atoms with Gasteiger partial charge in [0, 0.05) is 16.7 Å². The van der Waals surface area contributed by atoms with E-state index in [1.807, 2.05) is 43.3 Å². The molecule has 0 radical (unpaired) electrons. The number of fused-ring (bicyclic) bond motifs is 1. The summed E-state index contributed by atoms with van der Waals surface area (Å²) in [6.07, 6.45) is 0. The van der Waals surface area contributed by atoms with E-state index in [2.05, 4.69) is 22.0 Å². The number of hydrogen-bond donors (Lipinski definition) is 2. The Hall–Kier alpha value is -3.34. The van der Waals surface area contributed by atoms with Crippen molar-refractivity contribution in [3.63, 3.8) is 0 Å². The number of nitrogens with two attached hydrogens (primary N) is 1. The van der Waals surface area contributed by atoms with Crippen LogP contribution in [0.3, 0.4) is 0 Å². The summed E-state index contributed by atoms with van der Waals surface area (Å²) in [4.78, 5) is 0. The topological polar surface area (TPSA) is 97.7 Å². The first kappa shape index (κ1) is 22.8. The molecule has 0 unspecified atom stereocenters. The summed E-state index contributed by atoms with van der Waals surface area (Å²) in [5.74, 6) is 1.01. The molecule has 0 spiro atoms. The maximum absolute atomic E-state index is 9.86. The highest BCUT2D eigenvalue weighted by Crippen LogP contribution is 2.47. The van der Waals surface area contributed by atoms with Crippen LogP contribution in [-0.2, 0) is 6.61 Å². The first-order valence-corrected chi connectivity index (χ1v) is 11.3. The number of phenolic OH excluding ortho intramolecular Hbond substituents is 1. The number of aromatic hydroxyl groups is 1. The highest BCUT2D eigenvalue weighted by atomic mass is 79.9. The summed E-state index contributed by atoms with van der Waals surface area (Å²) in [7, 11) is 0. The Bertz CT molecular complexity index is 1270. The molecule has 0 aromatic heterocycles. The minimum absolute atomic E-state index is 0.00209. The zero-order valence-electron chi connectivity index (χ0n) is 17.6. The fourth-order valence-electron chi connectivity index (χ4n) is 3.68. The van der Waals surface area contributed by atoms with Crippen LogP contribution < -0.4 is 19.9 Å². The number of nitriles is 1. The molecule has 3 N–H and O–H groups in total. The van der Waals surface area contributed by atoms with Crippen LogP contribution in [0.1, 0.15) is 29.5 Å². The molecule has 0 amide bonds. The molecule has 33 heavy (non-hydrogen) atoms. The lowest BCUT2D eigenvalue weighted by Gasteiger charge is -2.27. The average Bonchev–Trinajstić information content (AvgIpc) is 2.78. The highest BCUT2D eigenvalue weighted by Gasteiger charge is 2.32. The Balaban J connectivity index is 1.75. The Labute approximate surface area is 204 Å². The Kier molecular flexibility index (Phi) is 6.68. The summed E-state index contributed by atoms with van der Waals surface area (Å²) < 4.78 is 18.2. The van der Waals surface area contributed by atoms with Gasteiger partial charge in [-0.15, -0.1) is 0 Å². The molecule has 0 fully saturated rings. The number of rotatable bonds is 6. The zero-order chi connectivity index (χ0) is 23.5. The maximum Gasteiger partial charge on any atom is 0.205 e. The summed E-state index contributed by atoms with van der Waals surface area (Å²) in [5, 5.41) is 20.3. The van der Waals surface area contributed by atoms with Gasteiger partial charge in [0.25, 0.3) is 0 Å². The van der Waals surface area contributed by atoms with Crippen LogP contribution in [0.15, 0.2) is 70.5 Å². The SMILES string of the molecule is CCOc1cc([C@H]2C(C#N)=C(N)Oc3cc(O)ccc32)cc(Br)c1OCc1ccc(Cl)cc1. The van der Waals surface area contributed by atoms with Crippen LogP contribution in [0.25, 0.3) is 0 Å². The highest BCUT2D eigenvalue weighted by molar-refractivity contribution is 9.10. The predicted molar refractivity (Wildman–Crippen MR) is 128 cm³/mol. The second-order valence-corrected chi connectivity index (χ2v) is 8.62. The van der Waals surface area contributed by atoms with E-state index in [1.54, 1.807) is 12.1 Å². The molecule has 1 aliphatic rings. The molecule has 6 nitrogen and oxygen atoms in total. The lowest BCUT2D eigenvalue weighted by atomic mass is 9.83. The van der Waals surface area contributed by atoms with E-state index in [-0.39, 0.29) is 17.2 Å². The number of halogens is 2. The number of allylic oxidation sites excluding steroid dienone is 1. The third kappa shape index (κ3) is 4.72. The van der Waals surface area contributed by atoms with Crippen molar-refractivity contribution < 1.29 is 19.3 Å². The normalized spacial score (nSPS) is 14.8. The van der Waals surface area contributed by atoms with Crippen LogP contribution in [0, 0.1) is 11.3 Å². The number of benzene rings is 3. The van der Waals surface area contributed by atoms with E-state index >= 15 is 0 Å². The molecule has 0 saturated carbocycles. The molecule has 1 atom stereocenters. The van der Waals surface area contributed by atoms with E-state index in [4.69, 9.17) is 31.5 Å². The van der Waals surface area contributed by atoms with Gasteiger partial charge in [0.2, 0.25) is 5.88 Å². The smallest absolute Gasteiger partial charge is 0.205 e. The largest absolute Gasteiger partial charge is 0.508 e. The van der Waals surface area contributed by atoms with Crippen molar-refractivity contribution in [1.29, 1.82) is 5.26 Å². The third-order valence-corrected chi connectivity index (χ3v) is 6.01. The van der Waals surface area contributed by atoms with Crippen LogP contribution in [0.2, 0.25) is 5.02 Å². The number of nitrogens with zero attached hydrogens (tertiary/aromatic N) is 1. The van der Waals surface area contributed by atoms with Crippen LogP contribution in [-0.4, -0.2) is 11.7 Å². The molecular formula is C25H20BrClN2O4. The fourth-order valence-corrected chi connectivity index (χ4v) is 4.38. The monoisotopic (exact) mass is 526 g/mol. The number of ether oxygens (including phenoxy) is 3. The van der Waals surface area contributed by atoms with Crippen LogP contribution in [0.4, 0.5) is 0 Å². The van der Waals surface area contributed by atoms with E-state index in [0.717, 1.165) is 11.1 Å². The van der Waals surface area contributed by atoms with E-state index in [1.165, 1.54) is 6.07 Å². The Morgan fingerprint density at radius 3 is 2.61 bits per heavy atom. The van der Waals surface area contributed by atoms with Gasteiger partial charge in [0.15, 0.2) is 11.5 Å². The second-order valence-electron chi connectivity index (χ2n) is 7.33. The molecule has 168 valence electrons. The van der Waals surface area contributed by atoms with Crippen molar-refractivity contribution in [2.75, 3.05) is 6.61 Å². The van der Waals surface area contributed by atoms with Crippen molar-refractivity contribution in [2.45, 2.75) is 19.4 Å². The van der Waals surface area contributed by atoms with Crippen molar-refractivity contribution >= 4 is 27.5 Å². The first-order valence-electron chi connectivity index (χ1n) is 10.1. The van der Waals surface area contributed by atoms with Crippen molar-refractivity contribution in [1.82, 2.24) is 0 Å². The third-order valence-electron chi connectivity index (χ3n) is 5.16. The predicted octanol–water partition coefficient (Wildman–Crippen LogP) is 6.00. The van der Waals surface area contributed by atoms with E-state index in [9.17, 15) is 10.4 Å². The average molecular weight is 528 g/mol. The number of phenols is 1. The minimum atomic E-state index is -0.500. The molecule has 0 aliphatic carbocycles. The number of hydrogen-bond acceptors (Lipinski definition) is 6. The van der Waals surface area contributed by atoms with Gasteiger partial charge in [-0.2, -0.15) is 5.26 Å². The van der Waals surface area contributed by atoms with Gasteiger partial charge >= 0.3 is 0 Å². The summed E-state index contributed by atoms with van der Waals surface area (Å²) >= 11 is 9.56.